The monoisotopic (exact) mass is 277 g/mol. The molecule has 3 saturated carbocycles. The van der Waals surface area contributed by atoms with Crippen molar-refractivity contribution in [2.24, 2.45) is 35.3 Å². The molecule has 4 rings (SSSR count). The highest BCUT2D eigenvalue weighted by Crippen LogP contribution is 2.71. The smallest absolute Gasteiger partial charge is 0.137 e. The number of nitrogens with two attached hydrogens (primary N) is 1. The number of halogens is 1. The molecule has 3 fully saturated rings. The molecule has 2 N–H and O–H groups in total. The Bertz CT molecular complexity index is 501. The van der Waals surface area contributed by atoms with E-state index in [0.717, 1.165) is 29.4 Å². The van der Waals surface area contributed by atoms with Gasteiger partial charge in [-0.2, -0.15) is 0 Å². The van der Waals surface area contributed by atoms with Gasteiger partial charge in [-0.25, -0.2) is 0 Å². The molecule has 5 unspecified atom stereocenters. The lowest BCUT2D eigenvalue weighted by Crippen LogP contribution is -2.17. The summed E-state index contributed by atoms with van der Waals surface area (Å²) in [5, 5.41) is 0.671. The molecule has 2 nitrogen and oxygen atoms in total. The van der Waals surface area contributed by atoms with Crippen LogP contribution in [0.5, 0.6) is 5.75 Å². The van der Waals surface area contributed by atoms with E-state index in [1.54, 1.807) is 7.11 Å². The van der Waals surface area contributed by atoms with Crippen LogP contribution in [-0.2, 0) is 0 Å². The van der Waals surface area contributed by atoms with E-state index >= 15 is 0 Å². The summed E-state index contributed by atoms with van der Waals surface area (Å²) in [6.07, 6.45) is 4.36. The van der Waals surface area contributed by atoms with Crippen LogP contribution in [0, 0.1) is 29.6 Å². The summed E-state index contributed by atoms with van der Waals surface area (Å²) in [6, 6.07) is 6.15. The third-order valence-corrected chi connectivity index (χ3v) is 6.07. The molecule has 0 heterocycles. The molecule has 0 saturated heterocycles. The van der Waals surface area contributed by atoms with Crippen LogP contribution < -0.4 is 10.5 Å². The van der Waals surface area contributed by atoms with Crippen LogP contribution in [0.2, 0.25) is 5.02 Å². The first-order valence-corrected chi connectivity index (χ1v) is 7.67. The highest BCUT2D eigenvalue weighted by Gasteiger charge is 2.66. The van der Waals surface area contributed by atoms with Crippen LogP contribution in [0.25, 0.3) is 0 Å². The summed E-state index contributed by atoms with van der Waals surface area (Å²) in [5.41, 5.74) is 7.67. The lowest BCUT2D eigenvalue weighted by molar-refractivity contribution is 0.410. The minimum absolute atomic E-state index is 0.154. The maximum absolute atomic E-state index is 6.50. The second-order valence-corrected chi connectivity index (χ2v) is 6.89. The van der Waals surface area contributed by atoms with Gasteiger partial charge in [-0.15, -0.1) is 0 Å². The molecule has 3 aliphatic rings. The normalized spacial score (nSPS) is 40.1. The predicted molar refractivity (Wildman–Crippen MR) is 76.2 cm³/mol. The van der Waals surface area contributed by atoms with Crippen molar-refractivity contribution >= 4 is 11.6 Å². The van der Waals surface area contributed by atoms with Crippen molar-refractivity contribution in [2.45, 2.75) is 25.3 Å². The molecular formula is C16H20ClNO. The molecule has 0 aliphatic heterocycles. The minimum Gasteiger partial charge on any atom is -0.495 e. The lowest BCUT2D eigenvalue weighted by atomic mass is 9.93. The van der Waals surface area contributed by atoms with Crippen LogP contribution >= 0.6 is 11.6 Å². The molecule has 0 aromatic heterocycles. The van der Waals surface area contributed by atoms with Gasteiger partial charge in [0, 0.05) is 6.04 Å². The van der Waals surface area contributed by atoms with Gasteiger partial charge >= 0.3 is 0 Å². The van der Waals surface area contributed by atoms with E-state index in [0.29, 0.717) is 10.9 Å². The zero-order chi connectivity index (χ0) is 13.1. The van der Waals surface area contributed by atoms with E-state index < -0.39 is 0 Å². The van der Waals surface area contributed by atoms with Gasteiger partial charge < -0.3 is 10.5 Å². The Morgan fingerprint density at radius 1 is 1.26 bits per heavy atom. The quantitative estimate of drug-likeness (QED) is 0.915. The first-order chi connectivity index (χ1) is 9.20. The number of rotatable bonds is 3. The summed E-state index contributed by atoms with van der Waals surface area (Å²) in [7, 11) is 1.64. The molecule has 3 heteroatoms. The average molecular weight is 278 g/mol. The largest absolute Gasteiger partial charge is 0.495 e. The van der Waals surface area contributed by atoms with Gasteiger partial charge in [0.25, 0.3) is 0 Å². The molecular weight excluding hydrogens is 258 g/mol. The first-order valence-electron chi connectivity index (χ1n) is 7.29. The van der Waals surface area contributed by atoms with Gasteiger partial charge in [0.2, 0.25) is 0 Å². The van der Waals surface area contributed by atoms with Crippen LogP contribution in [0.4, 0.5) is 0 Å². The molecule has 19 heavy (non-hydrogen) atoms. The second kappa shape index (κ2) is 4.13. The standard InChI is InChI=1S/C16H20ClNO/c1-19-12-5-4-10(7-11(12)17)16(18)15-13-8-2-3-9(6-8)14(13)15/h4-5,7-9,13-16H,2-3,6,18H2,1H3. The molecule has 0 spiro atoms. The van der Waals surface area contributed by atoms with Crippen LogP contribution in [0.15, 0.2) is 18.2 Å². The molecule has 3 aliphatic carbocycles. The Morgan fingerprint density at radius 2 is 1.95 bits per heavy atom. The van der Waals surface area contributed by atoms with Gasteiger partial charge in [0.1, 0.15) is 5.75 Å². The van der Waals surface area contributed by atoms with Crippen LogP contribution in [0.1, 0.15) is 30.9 Å². The molecule has 0 radical (unpaired) electrons. The highest BCUT2D eigenvalue weighted by molar-refractivity contribution is 6.32. The summed E-state index contributed by atoms with van der Waals surface area (Å²) in [5.74, 6) is 5.20. The molecule has 1 aromatic carbocycles. The van der Waals surface area contributed by atoms with Crippen LogP contribution in [-0.4, -0.2) is 7.11 Å². The van der Waals surface area contributed by atoms with Crippen molar-refractivity contribution < 1.29 is 4.74 Å². The molecule has 1 aromatic rings. The van der Waals surface area contributed by atoms with Gasteiger partial charge in [0.05, 0.1) is 12.1 Å². The number of fused-ring (bicyclic) bond motifs is 5. The Kier molecular flexibility index (Phi) is 2.62. The zero-order valence-electron chi connectivity index (χ0n) is 11.2. The number of ether oxygens (including phenoxy) is 1. The SMILES string of the molecule is COc1ccc(C(N)C2C3C4CCC(C4)C32)cc1Cl. The second-order valence-electron chi connectivity index (χ2n) is 6.49. The van der Waals surface area contributed by atoms with Crippen molar-refractivity contribution in [2.75, 3.05) is 7.11 Å². The predicted octanol–water partition coefficient (Wildman–Crippen LogP) is 3.64. The van der Waals surface area contributed by atoms with E-state index in [4.69, 9.17) is 22.1 Å². The number of hydrogen-bond acceptors (Lipinski definition) is 2. The Morgan fingerprint density at radius 3 is 2.53 bits per heavy atom. The summed E-state index contributed by atoms with van der Waals surface area (Å²) in [4.78, 5) is 0. The fraction of sp³-hybridized carbons (Fsp3) is 0.625. The maximum atomic E-state index is 6.50. The molecule has 2 bridgehead atoms. The summed E-state index contributed by atoms with van der Waals surface area (Å²) in [6.45, 7) is 0. The average Bonchev–Trinajstić information content (AvgIpc) is 2.85. The number of benzene rings is 1. The van der Waals surface area contributed by atoms with E-state index in [1.165, 1.54) is 24.8 Å². The van der Waals surface area contributed by atoms with Gasteiger partial charge in [0.15, 0.2) is 0 Å². The Balaban J connectivity index is 1.56. The highest BCUT2D eigenvalue weighted by atomic mass is 35.5. The van der Waals surface area contributed by atoms with E-state index in [2.05, 4.69) is 6.07 Å². The number of hydrogen-bond donors (Lipinski definition) is 1. The molecule has 5 atom stereocenters. The lowest BCUT2D eigenvalue weighted by Gasteiger charge is -2.17. The minimum atomic E-state index is 0.154. The van der Waals surface area contributed by atoms with Crippen molar-refractivity contribution in [3.05, 3.63) is 28.8 Å². The molecule has 0 amide bonds. The van der Waals surface area contributed by atoms with E-state index in [1.807, 2.05) is 12.1 Å². The zero-order valence-corrected chi connectivity index (χ0v) is 11.9. The van der Waals surface area contributed by atoms with Crippen molar-refractivity contribution in [3.63, 3.8) is 0 Å². The van der Waals surface area contributed by atoms with Crippen molar-refractivity contribution in [3.8, 4) is 5.75 Å². The molecule has 102 valence electrons. The Hall–Kier alpha value is -0.730. The summed E-state index contributed by atoms with van der Waals surface area (Å²) < 4.78 is 5.20. The van der Waals surface area contributed by atoms with Gasteiger partial charge in [-0.3, -0.25) is 0 Å². The Labute approximate surface area is 119 Å². The van der Waals surface area contributed by atoms with Crippen molar-refractivity contribution in [1.82, 2.24) is 0 Å². The number of methoxy groups -OCH3 is 1. The first kappa shape index (κ1) is 12.0. The van der Waals surface area contributed by atoms with E-state index in [9.17, 15) is 0 Å². The summed E-state index contributed by atoms with van der Waals surface area (Å²) >= 11 is 6.21. The van der Waals surface area contributed by atoms with Gasteiger partial charge in [-0.1, -0.05) is 17.7 Å². The fourth-order valence-corrected chi connectivity index (χ4v) is 5.25. The topological polar surface area (TPSA) is 35.2 Å². The maximum Gasteiger partial charge on any atom is 0.137 e. The van der Waals surface area contributed by atoms with Crippen LogP contribution in [0.3, 0.4) is 0 Å². The third kappa shape index (κ3) is 1.66. The van der Waals surface area contributed by atoms with E-state index in [-0.39, 0.29) is 6.04 Å². The van der Waals surface area contributed by atoms with Crippen molar-refractivity contribution in [1.29, 1.82) is 0 Å². The third-order valence-electron chi connectivity index (χ3n) is 5.77. The fourth-order valence-electron chi connectivity index (χ4n) is 4.98. The van der Waals surface area contributed by atoms with Gasteiger partial charge in [-0.05, 0) is 66.5 Å².